The van der Waals surface area contributed by atoms with Crippen LogP contribution in [0.1, 0.15) is 27.1 Å². The van der Waals surface area contributed by atoms with E-state index in [9.17, 15) is 14.0 Å². The van der Waals surface area contributed by atoms with Crippen molar-refractivity contribution in [1.82, 2.24) is 0 Å². The summed E-state index contributed by atoms with van der Waals surface area (Å²) in [4.78, 5) is 26.8. The van der Waals surface area contributed by atoms with Gasteiger partial charge in [-0.1, -0.05) is 36.4 Å². The Hall–Kier alpha value is -2.80. The predicted octanol–water partition coefficient (Wildman–Crippen LogP) is 3.83. The van der Waals surface area contributed by atoms with Crippen LogP contribution in [0.4, 0.5) is 10.1 Å². The summed E-state index contributed by atoms with van der Waals surface area (Å²) < 4.78 is 13.2. The first-order valence-corrected chi connectivity index (χ1v) is 5.90. The lowest BCUT2D eigenvalue weighted by molar-refractivity contribution is 0.0894. The first kappa shape index (κ1) is 13.6. The molecule has 2 rings (SSSR count). The minimum Gasteiger partial charge on any atom is -0.294 e. The zero-order valence-electron chi connectivity index (χ0n) is 10.5. The molecule has 3 nitrogen and oxygen atoms in total. The molecule has 0 aliphatic rings. The van der Waals surface area contributed by atoms with Crippen molar-refractivity contribution in [3.05, 3.63) is 76.9 Å². The fraction of sp³-hybridized carbons (Fsp3) is 0.0625. The lowest BCUT2D eigenvalue weighted by atomic mass is 10.0. The third kappa shape index (κ3) is 2.96. The van der Waals surface area contributed by atoms with Crippen molar-refractivity contribution >= 4 is 17.3 Å². The van der Waals surface area contributed by atoms with Crippen LogP contribution in [0.25, 0.3) is 4.85 Å². The van der Waals surface area contributed by atoms with Gasteiger partial charge >= 0.3 is 0 Å². The molecule has 0 saturated carbocycles. The van der Waals surface area contributed by atoms with Gasteiger partial charge in [-0.05, 0) is 12.1 Å². The quantitative estimate of drug-likeness (QED) is 0.479. The Morgan fingerprint density at radius 3 is 2.30 bits per heavy atom. The fourth-order valence-corrected chi connectivity index (χ4v) is 1.75. The monoisotopic (exact) mass is 267 g/mol. The molecule has 0 aliphatic carbocycles. The van der Waals surface area contributed by atoms with E-state index in [1.54, 1.807) is 30.3 Å². The van der Waals surface area contributed by atoms with Gasteiger partial charge in [0.2, 0.25) is 5.69 Å². The Morgan fingerprint density at radius 2 is 1.65 bits per heavy atom. The molecule has 2 aromatic carbocycles. The lowest BCUT2D eigenvalue weighted by Crippen LogP contribution is -2.08. The number of rotatable bonds is 4. The number of carbonyl (C=O) groups is 2. The molecule has 0 aliphatic heterocycles. The molecule has 0 aromatic heterocycles. The van der Waals surface area contributed by atoms with Crippen molar-refractivity contribution in [1.29, 1.82) is 0 Å². The van der Waals surface area contributed by atoms with Crippen molar-refractivity contribution in [2.45, 2.75) is 6.42 Å². The zero-order chi connectivity index (χ0) is 14.5. The molecule has 0 amide bonds. The molecule has 0 spiro atoms. The van der Waals surface area contributed by atoms with Gasteiger partial charge in [0.25, 0.3) is 0 Å². The van der Waals surface area contributed by atoms with Crippen LogP contribution in [-0.4, -0.2) is 11.6 Å². The van der Waals surface area contributed by atoms with E-state index in [2.05, 4.69) is 4.85 Å². The maximum atomic E-state index is 13.2. The van der Waals surface area contributed by atoms with Gasteiger partial charge in [0.05, 0.1) is 13.0 Å². The summed E-state index contributed by atoms with van der Waals surface area (Å²) in [6.07, 6.45) is -0.299. The van der Waals surface area contributed by atoms with E-state index in [4.69, 9.17) is 6.57 Å². The van der Waals surface area contributed by atoms with Crippen molar-refractivity contribution in [3.8, 4) is 0 Å². The summed E-state index contributed by atoms with van der Waals surface area (Å²) in [5.74, 6) is -1.40. The van der Waals surface area contributed by atoms with E-state index in [-0.39, 0.29) is 23.5 Å². The highest BCUT2D eigenvalue weighted by atomic mass is 19.1. The summed E-state index contributed by atoms with van der Waals surface area (Å²) in [5.41, 5.74) is 0.401. The van der Waals surface area contributed by atoms with Gasteiger partial charge in [0.1, 0.15) is 5.82 Å². The van der Waals surface area contributed by atoms with E-state index in [1.807, 2.05) is 0 Å². The summed E-state index contributed by atoms with van der Waals surface area (Å²) in [6.45, 7) is 6.81. The third-order valence-corrected chi connectivity index (χ3v) is 2.81. The molecule has 0 atom stereocenters. The Morgan fingerprint density at radius 1 is 1.00 bits per heavy atom. The Labute approximate surface area is 115 Å². The molecule has 0 fully saturated rings. The number of ketones is 2. The van der Waals surface area contributed by atoms with Gasteiger partial charge in [-0.15, -0.1) is 0 Å². The van der Waals surface area contributed by atoms with Crippen LogP contribution in [0.3, 0.4) is 0 Å². The summed E-state index contributed by atoms with van der Waals surface area (Å²) >= 11 is 0. The second-order valence-corrected chi connectivity index (χ2v) is 4.17. The SMILES string of the molecule is [C-]#[N+]c1cc(C(=O)CC(=O)c2ccccc2)ccc1F. The average Bonchev–Trinajstić information content (AvgIpc) is 2.48. The normalized spacial score (nSPS) is 9.80. The topological polar surface area (TPSA) is 38.5 Å². The number of Topliss-reactive ketones (excluding diaryl/α,β-unsaturated/α-hetero) is 2. The molecule has 98 valence electrons. The highest BCUT2D eigenvalue weighted by Crippen LogP contribution is 2.20. The molecule has 4 heteroatoms. The Balaban J connectivity index is 2.17. The molecule has 0 N–H and O–H groups in total. The molecule has 0 heterocycles. The Bertz CT molecular complexity index is 702. The third-order valence-electron chi connectivity index (χ3n) is 2.81. The minimum atomic E-state index is -0.675. The first-order valence-electron chi connectivity index (χ1n) is 5.90. The summed E-state index contributed by atoms with van der Waals surface area (Å²) in [5, 5.41) is 0. The van der Waals surface area contributed by atoms with E-state index >= 15 is 0 Å². The second kappa shape index (κ2) is 5.89. The molecule has 0 bridgehead atoms. The highest BCUT2D eigenvalue weighted by molar-refractivity contribution is 6.13. The maximum absolute atomic E-state index is 13.2. The average molecular weight is 267 g/mol. The molecule has 0 unspecified atom stereocenters. The van der Waals surface area contributed by atoms with Gasteiger partial charge in [-0.2, -0.15) is 0 Å². The number of halogens is 1. The number of hydrogen-bond acceptors (Lipinski definition) is 2. The lowest BCUT2D eigenvalue weighted by Gasteiger charge is -2.02. The van der Waals surface area contributed by atoms with E-state index < -0.39 is 11.6 Å². The molecule has 20 heavy (non-hydrogen) atoms. The molecule has 2 aromatic rings. The van der Waals surface area contributed by atoms with Crippen molar-refractivity contribution < 1.29 is 14.0 Å². The number of nitrogens with zero attached hydrogens (tertiary/aromatic N) is 1. The fourth-order valence-electron chi connectivity index (χ4n) is 1.75. The van der Waals surface area contributed by atoms with Crippen molar-refractivity contribution in [2.24, 2.45) is 0 Å². The summed E-state index contributed by atoms with van der Waals surface area (Å²) in [6, 6.07) is 12.0. The minimum absolute atomic E-state index is 0.168. The van der Waals surface area contributed by atoms with E-state index in [0.717, 1.165) is 6.07 Å². The highest BCUT2D eigenvalue weighted by Gasteiger charge is 2.15. The van der Waals surface area contributed by atoms with Gasteiger partial charge in [0, 0.05) is 11.1 Å². The maximum Gasteiger partial charge on any atom is 0.222 e. The standard InChI is InChI=1S/C16H10FNO2/c1-18-14-9-12(7-8-13(14)17)16(20)10-15(19)11-5-3-2-4-6-11/h2-9H,10H2. The van der Waals surface area contributed by atoms with Gasteiger partial charge < -0.3 is 0 Å². The Kier molecular flexibility index (Phi) is 4.02. The smallest absolute Gasteiger partial charge is 0.222 e. The van der Waals surface area contributed by atoms with Crippen LogP contribution in [0.2, 0.25) is 0 Å². The van der Waals surface area contributed by atoms with Crippen molar-refractivity contribution in [3.63, 3.8) is 0 Å². The van der Waals surface area contributed by atoms with Crippen LogP contribution >= 0.6 is 0 Å². The van der Waals surface area contributed by atoms with E-state index in [1.165, 1.54) is 12.1 Å². The van der Waals surface area contributed by atoms with Crippen LogP contribution in [0.15, 0.2) is 48.5 Å². The van der Waals surface area contributed by atoms with Gasteiger partial charge in [-0.3, -0.25) is 9.59 Å². The zero-order valence-corrected chi connectivity index (χ0v) is 10.5. The van der Waals surface area contributed by atoms with Crippen molar-refractivity contribution in [2.75, 3.05) is 0 Å². The van der Waals surface area contributed by atoms with Crippen LogP contribution in [-0.2, 0) is 0 Å². The van der Waals surface area contributed by atoms with Gasteiger partial charge in [0.15, 0.2) is 11.6 Å². The summed E-state index contributed by atoms with van der Waals surface area (Å²) in [7, 11) is 0. The predicted molar refractivity (Wildman–Crippen MR) is 72.4 cm³/mol. The van der Waals surface area contributed by atoms with E-state index in [0.29, 0.717) is 5.56 Å². The number of hydrogen-bond donors (Lipinski definition) is 0. The number of benzene rings is 2. The second-order valence-electron chi connectivity index (χ2n) is 4.17. The molecule has 0 saturated heterocycles. The molecular weight excluding hydrogens is 257 g/mol. The molecule has 0 radical (unpaired) electrons. The largest absolute Gasteiger partial charge is 0.294 e. The van der Waals surface area contributed by atoms with Crippen LogP contribution in [0.5, 0.6) is 0 Å². The number of carbonyl (C=O) groups excluding carboxylic acids is 2. The van der Waals surface area contributed by atoms with Crippen LogP contribution in [0, 0.1) is 12.4 Å². The van der Waals surface area contributed by atoms with Crippen LogP contribution < -0.4 is 0 Å². The first-order chi connectivity index (χ1) is 9.61. The molecular formula is C16H10FNO2. The van der Waals surface area contributed by atoms with Gasteiger partial charge in [-0.25, -0.2) is 9.24 Å².